The first kappa shape index (κ1) is 32.1. The molecule has 1 aromatic rings. The maximum absolute atomic E-state index is 13.6. The molecule has 0 aromatic heterocycles. The van der Waals surface area contributed by atoms with Crippen molar-refractivity contribution >= 4 is 23.7 Å². The van der Waals surface area contributed by atoms with Gasteiger partial charge in [-0.05, 0) is 51.2 Å². The molecule has 10 nitrogen and oxygen atoms in total. The fraction of sp³-hybridized carbons (Fsp3) is 0.621. The second kappa shape index (κ2) is 13.8. The average Bonchev–Trinajstić information content (AvgIpc) is 2.81. The summed E-state index contributed by atoms with van der Waals surface area (Å²) in [6.45, 7) is 15.0. The maximum atomic E-state index is 13.6. The Balaban J connectivity index is 2.20. The van der Waals surface area contributed by atoms with Crippen molar-refractivity contribution in [2.45, 2.75) is 84.7 Å². The van der Waals surface area contributed by atoms with E-state index in [1.54, 1.807) is 37.8 Å². The summed E-state index contributed by atoms with van der Waals surface area (Å²) in [5.41, 5.74) is -0.765. The van der Waals surface area contributed by atoms with E-state index in [0.29, 0.717) is 31.2 Å². The largest absolute Gasteiger partial charge is 0.484 e. The minimum atomic E-state index is -1.16. The van der Waals surface area contributed by atoms with Crippen LogP contribution in [-0.2, 0) is 19.1 Å². The van der Waals surface area contributed by atoms with Crippen LogP contribution in [0.5, 0.6) is 5.75 Å². The molecule has 4 atom stereocenters. The van der Waals surface area contributed by atoms with Crippen LogP contribution in [0.1, 0.15) is 60.8 Å². The number of rotatable bonds is 13. The summed E-state index contributed by atoms with van der Waals surface area (Å²) < 4.78 is 17.0. The molecule has 10 heteroatoms. The van der Waals surface area contributed by atoms with E-state index in [-0.39, 0.29) is 31.3 Å². The smallest absolute Gasteiger partial charge is 0.407 e. The lowest BCUT2D eigenvalue weighted by Gasteiger charge is -2.38. The second-order valence-corrected chi connectivity index (χ2v) is 11.9. The van der Waals surface area contributed by atoms with E-state index in [2.05, 4.69) is 11.9 Å². The summed E-state index contributed by atoms with van der Waals surface area (Å²) in [5, 5.41) is 22.9. The number of anilines is 1. The molecule has 0 aliphatic carbocycles. The van der Waals surface area contributed by atoms with Gasteiger partial charge in [0.15, 0.2) is 0 Å². The van der Waals surface area contributed by atoms with Crippen molar-refractivity contribution in [3.05, 3.63) is 36.9 Å². The normalized spacial score (nSPS) is 17.7. The number of nitrogens with zero attached hydrogens (tertiary/aromatic N) is 1. The minimum Gasteiger partial charge on any atom is -0.484 e. The third-order valence-corrected chi connectivity index (χ3v) is 6.26. The van der Waals surface area contributed by atoms with Crippen LogP contribution >= 0.6 is 0 Å². The molecule has 2 rings (SSSR count). The second-order valence-electron chi connectivity index (χ2n) is 11.9. The predicted molar refractivity (Wildman–Crippen MR) is 148 cm³/mol. The highest BCUT2D eigenvalue weighted by Crippen LogP contribution is 2.36. The molecular formula is C29H44N2O8. The van der Waals surface area contributed by atoms with Crippen LogP contribution in [0.3, 0.4) is 0 Å². The topological polar surface area (TPSA) is 135 Å². The molecule has 0 unspecified atom stereocenters. The van der Waals surface area contributed by atoms with E-state index in [4.69, 9.17) is 14.2 Å². The summed E-state index contributed by atoms with van der Waals surface area (Å²) >= 11 is 0. The van der Waals surface area contributed by atoms with Crippen LogP contribution in [0.25, 0.3) is 0 Å². The first-order valence-corrected chi connectivity index (χ1v) is 13.3. The van der Waals surface area contributed by atoms with E-state index in [1.807, 2.05) is 32.0 Å². The van der Waals surface area contributed by atoms with Gasteiger partial charge in [0.2, 0.25) is 5.91 Å². The van der Waals surface area contributed by atoms with Gasteiger partial charge >= 0.3 is 12.1 Å². The zero-order valence-corrected chi connectivity index (χ0v) is 23.9. The first-order valence-electron chi connectivity index (χ1n) is 13.3. The fourth-order valence-corrected chi connectivity index (χ4v) is 4.45. The predicted octanol–water partition coefficient (Wildman–Crippen LogP) is 4.15. The third kappa shape index (κ3) is 10.5. The molecule has 0 saturated heterocycles. The highest BCUT2D eigenvalue weighted by molar-refractivity contribution is 5.95. The van der Waals surface area contributed by atoms with Gasteiger partial charge in [0.05, 0.1) is 43.5 Å². The molecular weight excluding hydrogens is 504 g/mol. The standard InChI is InChI=1S/C29H44N2O8/c1-8-13-37-18-20-17-31(22-11-9-10-12-24(22)38-20)25(33)16-29(6,7)15-21(23(32)14-19(2)26(34)35)30-27(36)39-28(3,4)5/h8-12,19-21,23,32H,1,13-18H2,2-7H3,(H,30,36)(H,34,35)/t19-,20-,21+,23+/m1/s1. The number of aliphatic hydroxyl groups is 1. The summed E-state index contributed by atoms with van der Waals surface area (Å²) in [6.07, 6.45) is -0.334. The van der Waals surface area contributed by atoms with Gasteiger partial charge in [-0.15, -0.1) is 6.58 Å². The molecule has 1 heterocycles. The van der Waals surface area contributed by atoms with Crippen LogP contribution < -0.4 is 15.0 Å². The number of carboxylic acid groups (broad SMARTS) is 1. The zero-order valence-electron chi connectivity index (χ0n) is 23.9. The number of amides is 2. The van der Waals surface area contributed by atoms with E-state index < -0.39 is 41.1 Å². The Bertz CT molecular complexity index is 1000. The quantitative estimate of drug-likeness (QED) is 0.247. The van der Waals surface area contributed by atoms with Crippen molar-refractivity contribution in [1.29, 1.82) is 0 Å². The van der Waals surface area contributed by atoms with Crippen molar-refractivity contribution in [1.82, 2.24) is 5.32 Å². The summed E-state index contributed by atoms with van der Waals surface area (Å²) in [6, 6.07) is 6.47. The number of nitrogens with one attached hydrogen (secondary N) is 1. The van der Waals surface area contributed by atoms with Crippen molar-refractivity contribution in [2.24, 2.45) is 11.3 Å². The monoisotopic (exact) mass is 548 g/mol. The molecule has 1 aliphatic heterocycles. The summed E-state index contributed by atoms with van der Waals surface area (Å²) in [4.78, 5) is 39.3. The van der Waals surface area contributed by atoms with Gasteiger partial charge in [-0.2, -0.15) is 0 Å². The Morgan fingerprint density at radius 1 is 1.23 bits per heavy atom. The lowest BCUT2D eigenvalue weighted by molar-refractivity contribution is -0.142. The molecule has 0 bridgehead atoms. The fourth-order valence-electron chi connectivity index (χ4n) is 4.45. The molecule has 2 amide bonds. The molecule has 0 fully saturated rings. The lowest BCUT2D eigenvalue weighted by Crippen LogP contribution is -2.49. The highest BCUT2D eigenvalue weighted by atomic mass is 16.6. The number of ether oxygens (including phenoxy) is 3. The van der Waals surface area contributed by atoms with Gasteiger partial charge in [0.1, 0.15) is 17.5 Å². The van der Waals surface area contributed by atoms with Gasteiger partial charge in [-0.3, -0.25) is 9.59 Å². The molecule has 1 aromatic carbocycles. The van der Waals surface area contributed by atoms with Gasteiger partial charge in [-0.1, -0.05) is 39.0 Å². The highest BCUT2D eigenvalue weighted by Gasteiger charge is 2.36. The Morgan fingerprint density at radius 2 is 1.90 bits per heavy atom. The van der Waals surface area contributed by atoms with Crippen LogP contribution in [0.15, 0.2) is 36.9 Å². The molecule has 39 heavy (non-hydrogen) atoms. The Hall–Kier alpha value is -3.11. The lowest BCUT2D eigenvalue weighted by atomic mass is 9.79. The number of fused-ring (bicyclic) bond motifs is 1. The SMILES string of the molecule is C=CCOC[C@H]1CN(C(=O)CC(C)(C)C[C@H](NC(=O)OC(C)(C)C)[C@@H](O)C[C@@H](C)C(=O)O)c2ccccc2O1. The maximum Gasteiger partial charge on any atom is 0.407 e. The Labute approximate surface area is 231 Å². The summed E-state index contributed by atoms with van der Waals surface area (Å²) in [7, 11) is 0. The number of alkyl carbamates (subject to hydrolysis) is 1. The third-order valence-electron chi connectivity index (χ3n) is 6.26. The zero-order chi connectivity index (χ0) is 29.4. The van der Waals surface area contributed by atoms with E-state index in [0.717, 1.165) is 0 Å². The molecule has 218 valence electrons. The van der Waals surface area contributed by atoms with E-state index in [1.165, 1.54) is 6.92 Å². The average molecular weight is 549 g/mol. The van der Waals surface area contributed by atoms with Crippen LogP contribution in [0, 0.1) is 11.3 Å². The Kier molecular flexibility index (Phi) is 11.4. The van der Waals surface area contributed by atoms with E-state index in [9.17, 15) is 24.6 Å². The number of aliphatic hydroxyl groups excluding tert-OH is 1. The molecule has 0 spiro atoms. The molecule has 0 saturated carbocycles. The first-order chi connectivity index (χ1) is 18.1. The van der Waals surface area contributed by atoms with Crippen molar-refractivity contribution in [2.75, 3.05) is 24.7 Å². The van der Waals surface area contributed by atoms with Crippen LogP contribution in [0.4, 0.5) is 10.5 Å². The minimum absolute atomic E-state index is 0.0664. The van der Waals surface area contributed by atoms with Crippen LogP contribution in [0.2, 0.25) is 0 Å². The molecule has 3 N–H and O–H groups in total. The van der Waals surface area contributed by atoms with Gasteiger partial charge in [-0.25, -0.2) is 4.79 Å². The van der Waals surface area contributed by atoms with Crippen molar-refractivity contribution in [3.63, 3.8) is 0 Å². The van der Waals surface area contributed by atoms with Crippen molar-refractivity contribution in [3.8, 4) is 5.75 Å². The number of hydrogen-bond acceptors (Lipinski definition) is 7. The van der Waals surface area contributed by atoms with Gasteiger partial charge in [0, 0.05) is 6.42 Å². The van der Waals surface area contributed by atoms with E-state index >= 15 is 0 Å². The summed E-state index contributed by atoms with van der Waals surface area (Å²) in [5.74, 6) is -1.42. The number of carboxylic acids is 1. The Morgan fingerprint density at radius 3 is 2.51 bits per heavy atom. The number of hydrogen-bond donors (Lipinski definition) is 3. The van der Waals surface area contributed by atoms with Gasteiger partial charge in [0.25, 0.3) is 0 Å². The van der Waals surface area contributed by atoms with Crippen molar-refractivity contribution < 1.29 is 38.8 Å². The number of benzene rings is 1. The molecule has 0 radical (unpaired) electrons. The molecule has 1 aliphatic rings. The number of aliphatic carboxylic acids is 1. The number of carbonyl (C=O) groups excluding carboxylic acids is 2. The number of para-hydroxylation sites is 2. The van der Waals surface area contributed by atoms with Gasteiger partial charge < -0.3 is 34.6 Å². The van der Waals surface area contributed by atoms with Crippen LogP contribution in [-0.4, -0.2) is 71.8 Å². The number of carbonyl (C=O) groups is 3.